The predicted octanol–water partition coefficient (Wildman–Crippen LogP) is 4.92. The van der Waals surface area contributed by atoms with Gasteiger partial charge in [-0.3, -0.25) is 4.79 Å². The van der Waals surface area contributed by atoms with Crippen molar-refractivity contribution in [3.05, 3.63) is 98.8 Å². The van der Waals surface area contributed by atoms with Gasteiger partial charge in [0.1, 0.15) is 17.3 Å². The molecule has 0 radical (unpaired) electrons. The monoisotopic (exact) mass is 557 g/mol. The lowest BCUT2D eigenvalue weighted by molar-refractivity contribution is -0.0413. The van der Waals surface area contributed by atoms with Gasteiger partial charge in [-0.2, -0.15) is 0 Å². The minimum Gasteiger partial charge on any atom is -0.390 e. The van der Waals surface area contributed by atoms with Crippen LogP contribution in [0.25, 0.3) is 0 Å². The molecule has 2 atom stereocenters. The normalized spacial score (nSPS) is 15.9. The summed E-state index contributed by atoms with van der Waals surface area (Å²) in [6, 6.07) is 11.9. The topological polar surface area (TPSA) is 83.5 Å². The number of halogens is 3. The highest BCUT2D eigenvalue weighted by Crippen LogP contribution is 2.31. The van der Waals surface area contributed by atoms with Gasteiger partial charge in [-0.1, -0.05) is 42.8 Å². The van der Waals surface area contributed by atoms with Gasteiger partial charge in [0, 0.05) is 31.1 Å². The van der Waals surface area contributed by atoms with Crippen molar-refractivity contribution < 1.29 is 23.4 Å². The summed E-state index contributed by atoms with van der Waals surface area (Å²) < 4.78 is 33.6. The van der Waals surface area contributed by atoms with Crippen molar-refractivity contribution in [3.8, 4) is 0 Å². The Kier molecular flexibility index (Phi) is 9.33. The molecule has 4 rings (SSSR count). The number of aromatic nitrogens is 1. The number of carbonyl (C=O) groups excluding carboxylic acids is 1. The number of aliphatic hydroxyl groups excluding tert-OH is 1. The zero-order valence-electron chi connectivity index (χ0n) is 22.4. The maximum atomic E-state index is 13.9. The van der Waals surface area contributed by atoms with E-state index in [4.69, 9.17) is 16.3 Å². The molecule has 1 unspecified atom stereocenters. The van der Waals surface area contributed by atoms with Gasteiger partial charge in [0.2, 0.25) is 0 Å². The molecule has 0 bridgehead atoms. The second-order valence-electron chi connectivity index (χ2n) is 10.6. The van der Waals surface area contributed by atoms with E-state index < -0.39 is 35.3 Å². The molecule has 0 fully saturated rings. The minimum atomic E-state index is -1.06. The number of nitrogens with one attached hydrogen (secondary N) is 2. The van der Waals surface area contributed by atoms with Gasteiger partial charge >= 0.3 is 0 Å². The number of rotatable bonds is 10. The molecule has 0 spiro atoms. The number of carbonyl (C=O) groups is 1. The molecule has 1 amide bonds. The number of hydrogen-bond acceptors (Lipinski definition) is 5. The van der Waals surface area contributed by atoms with Crippen LogP contribution in [0, 0.1) is 11.6 Å². The number of aliphatic hydroxyl groups is 1. The van der Waals surface area contributed by atoms with Gasteiger partial charge in [-0.05, 0) is 61.6 Å². The van der Waals surface area contributed by atoms with E-state index in [1.165, 1.54) is 23.8 Å². The lowest BCUT2D eigenvalue weighted by atomic mass is 9.95. The van der Waals surface area contributed by atoms with E-state index in [-0.39, 0.29) is 18.7 Å². The largest absolute Gasteiger partial charge is 0.390 e. The Morgan fingerprint density at radius 1 is 1.13 bits per heavy atom. The molecular weight excluding hydrogens is 524 g/mol. The highest BCUT2D eigenvalue weighted by molar-refractivity contribution is 6.31. The summed E-state index contributed by atoms with van der Waals surface area (Å²) in [6.07, 6.45) is 0.352. The fraction of sp³-hybridized carbons (Fsp3) is 0.400. The number of fused-ring (bicyclic) bond motifs is 1. The van der Waals surface area contributed by atoms with E-state index in [1.54, 1.807) is 0 Å². The molecule has 208 valence electrons. The van der Waals surface area contributed by atoms with E-state index >= 15 is 0 Å². The van der Waals surface area contributed by atoms with Gasteiger partial charge in [0.05, 0.1) is 35.1 Å². The average molecular weight is 558 g/mol. The quantitative estimate of drug-likeness (QED) is 0.330. The Morgan fingerprint density at radius 2 is 1.85 bits per heavy atom. The van der Waals surface area contributed by atoms with Gasteiger partial charge in [-0.15, -0.1) is 0 Å². The maximum Gasteiger partial charge on any atom is 0.270 e. The summed E-state index contributed by atoms with van der Waals surface area (Å²) in [5.41, 5.74) is 3.67. The van der Waals surface area contributed by atoms with Crippen LogP contribution in [0.3, 0.4) is 0 Å². The molecule has 1 aromatic heterocycles. The first-order valence-corrected chi connectivity index (χ1v) is 13.5. The zero-order valence-corrected chi connectivity index (χ0v) is 23.1. The van der Waals surface area contributed by atoms with Gasteiger partial charge in [0.15, 0.2) is 0 Å². The highest BCUT2D eigenvalue weighted by atomic mass is 35.5. The first-order chi connectivity index (χ1) is 18.5. The SMILES string of the molecule is CCc1cccc(CNC[C@@H](O)C(Cc2cc(F)cc(F)c2)NC(=O)c2cc(Cl)c3c(n2)CC(C)(C)OC3)c1. The molecular formula is C30H34ClF2N3O3. The molecule has 0 saturated heterocycles. The van der Waals surface area contributed by atoms with E-state index in [2.05, 4.69) is 34.7 Å². The fourth-order valence-electron chi connectivity index (χ4n) is 4.70. The smallest absolute Gasteiger partial charge is 0.270 e. The number of amides is 1. The van der Waals surface area contributed by atoms with Crippen LogP contribution in [0.1, 0.15) is 59.2 Å². The third-order valence-corrected chi connectivity index (χ3v) is 7.17. The molecule has 6 nitrogen and oxygen atoms in total. The van der Waals surface area contributed by atoms with Crippen LogP contribution in [-0.4, -0.2) is 40.3 Å². The van der Waals surface area contributed by atoms with Gasteiger partial charge < -0.3 is 20.5 Å². The Hall–Kier alpha value is -2.91. The summed E-state index contributed by atoms with van der Waals surface area (Å²) in [5, 5.41) is 17.5. The molecule has 39 heavy (non-hydrogen) atoms. The number of nitrogens with zero attached hydrogens (tertiary/aromatic N) is 1. The van der Waals surface area contributed by atoms with Crippen molar-refractivity contribution in [3.63, 3.8) is 0 Å². The van der Waals surface area contributed by atoms with E-state index in [1.807, 2.05) is 26.0 Å². The Labute approximate surface area is 232 Å². The van der Waals surface area contributed by atoms with E-state index in [0.29, 0.717) is 35.9 Å². The average Bonchev–Trinajstić information content (AvgIpc) is 2.86. The van der Waals surface area contributed by atoms with Crippen molar-refractivity contribution in [2.24, 2.45) is 0 Å². The number of pyridine rings is 1. The molecule has 2 heterocycles. The highest BCUT2D eigenvalue weighted by Gasteiger charge is 2.30. The van der Waals surface area contributed by atoms with Crippen molar-refractivity contribution in [2.45, 2.75) is 70.9 Å². The Balaban J connectivity index is 1.51. The van der Waals surface area contributed by atoms with Crippen LogP contribution in [0.4, 0.5) is 8.78 Å². The number of benzene rings is 2. The van der Waals surface area contributed by atoms with Crippen molar-refractivity contribution in [1.29, 1.82) is 0 Å². The summed E-state index contributed by atoms with van der Waals surface area (Å²) in [6.45, 7) is 6.92. The fourth-order valence-corrected chi connectivity index (χ4v) is 4.97. The standard InChI is InChI=1S/C30H34ClF2N3O3/c1-4-18-6-5-7-19(8-18)15-34-16-28(37)25(11-20-9-21(32)12-22(33)10-20)36-29(38)26-13-24(31)23-17-39-30(2,3)14-27(23)35-26/h5-10,12-13,25,28,34,37H,4,11,14-17H2,1-3H3,(H,36,38)/t25?,28-/m1/s1. The van der Waals surface area contributed by atoms with Crippen LogP contribution < -0.4 is 10.6 Å². The van der Waals surface area contributed by atoms with Gasteiger partial charge in [0.25, 0.3) is 5.91 Å². The third kappa shape index (κ3) is 7.82. The summed E-state index contributed by atoms with van der Waals surface area (Å²) in [4.78, 5) is 17.8. The van der Waals surface area contributed by atoms with Crippen LogP contribution >= 0.6 is 11.6 Å². The van der Waals surface area contributed by atoms with E-state index in [0.717, 1.165) is 23.6 Å². The Bertz CT molecular complexity index is 1310. The molecule has 3 aromatic rings. The zero-order chi connectivity index (χ0) is 28.2. The summed E-state index contributed by atoms with van der Waals surface area (Å²) in [5.74, 6) is -2.00. The summed E-state index contributed by atoms with van der Waals surface area (Å²) >= 11 is 6.45. The van der Waals surface area contributed by atoms with Gasteiger partial charge in [-0.25, -0.2) is 13.8 Å². The number of aryl methyl sites for hydroxylation is 1. The Morgan fingerprint density at radius 3 is 2.56 bits per heavy atom. The van der Waals surface area contributed by atoms with Crippen molar-refractivity contribution >= 4 is 17.5 Å². The lowest BCUT2D eigenvalue weighted by Gasteiger charge is -2.31. The van der Waals surface area contributed by atoms with Crippen LogP contribution in [0.5, 0.6) is 0 Å². The molecule has 0 saturated carbocycles. The minimum absolute atomic E-state index is 0.00807. The predicted molar refractivity (Wildman–Crippen MR) is 147 cm³/mol. The molecule has 3 N–H and O–H groups in total. The maximum absolute atomic E-state index is 13.9. The van der Waals surface area contributed by atoms with Crippen LogP contribution in [0.2, 0.25) is 5.02 Å². The molecule has 2 aromatic carbocycles. The third-order valence-electron chi connectivity index (χ3n) is 6.83. The first-order valence-electron chi connectivity index (χ1n) is 13.1. The van der Waals surface area contributed by atoms with E-state index in [9.17, 15) is 18.7 Å². The number of ether oxygens (including phenoxy) is 1. The molecule has 0 aliphatic carbocycles. The van der Waals surface area contributed by atoms with Crippen LogP contribution in [0.15, 0.2) is 48.5 Å². The summed E-state index contributed by atoms with van der Waals surface area (Å²) in [7, 11) is 0. The number of hydrogen-bond donors (Lipinski definition) is 3. The van der Waals surface area contributed by atoms with Crippen LogP contribution in [-0.2, 0) is 37.2 Å². The second kappa shape index (κ2) is 12.5. The first kappa shape index (κ1) is 29.1. The van der Waals surface area contributed by atoms with Crippen molar-refractivity contribution in [2.75, 3.05) is 6.54 Å². The molecule has 9 heteroatoms. The second-order valence-corrected chi connectivity index (χ2v) is 11.0. The molecule has 1 aliphatic heterocycles. The van der Waals surface area contributed by atoms with Crippen molar-refractivity contribution in [1.82, 2.24) is 15.6 Å². The lowest BCUT2D eigenvalue weighted by Crippen LogP contribution is -2.49. The molecule has 1 aliphatic rings.